The Morgan fingerprint density at radius 3 is 2.23 bits per heavy atom. The Labute approximate surface area is 182 Å². The number of aryl methyl sites for hydroxylation is 3. The highest BCUT2D eigenvalue weighted by Crippen LogP contribution is 2.29. The Balaban J connectivity index is 1.65. The van der Waals surface area contributed by atoms with E-state index in [9.17, 15) is 9.59 Å². The number of methoxy groups -OCH3 is 1. The molecule has 0 saturated carbocycles. The molecule has 0 saturated heterocycles. The van der Waals surface area contributed by atoms with Crippen molar-refractivity contribution in [1.82, 2.24) is 0 Å². The van der Waals surface area contributed by atoms with Gasteiger partial charge in [0.05, 0.1) is 12.7 Å². The topological polar surface area (TPSA) is 61.8 Å². The summed E-state index contributed by atoms with van der Waals surface area (Å²) in [4.78, 5) is 25.0. The van der Waals surface area contributed by atoms with Crippen molar-refractivity contribution in [3.05, 3.63) is 94.0 Å². The lowest BCUT2D eigenvalue weighted by Crippen LogP contribution is -2.15. The molecule has 31 heavy (non-hydrogen) atoms. The minimum Gasteiger partial charge on any atom is -0.493 e. The smallest absolute Gasteiger partial charge is 0.338 e. The van der Waals surface area contributed by atoms with E-state index >= 15 is 0 Å². The standard InChI is InChI=1S/C26H26O5/c1-17-12-19(3)22(13-18(17)2)23(27)16-31-26(28)21-10-11-24(25(14-21)29-4)30-15-20-8-6-5-7-9-20/h5-14H,15-16H2,1-4H3. The zero-order chi connectivity index (χ0) is 22.4. The lowest BCUT2D eigenvalue weighted by molar-refractivity contribution is 0.0474. The van der Waals surface area contributed by atoms with Crippen LogP contribution in [0.15, 0.2) is 60.7 Å². The van der Waals surface area contributed by atoms with Crippen LogP contribution in [0.1, 0.15) is 43.0 Å². The van der Waals surface area contributed by atoms with Crippen molar-refractivity contribution in [1.29, 1.82) is 0 Å². The van der Waals surface area contributed by atoms with Crippen LogP contribution in [0.4, 0.5) is 0 Å². The Bertz CT molecular complexity index is 1090. The second kappa shape index (κ2) is 9.94. The highest BCUT2D eigenvalue weighted by atomic mass is 16.5. The van der Waals surface area contributed by atoms with Gasteiger partial charge in [0.2, 0.25) is 5.78 Å². The fraction of sp³-hybridized carbons (Fsp3) is 0.231. The molecule has 0 spiro atoms. The van der Waals surface area contributed by atoms with Crippen molar-refractivity contribution >= 4 is 11.8 Å². The van der Waals surface area contributed by atoms with Gasteiger partial charge in [-0.1, -0.05) is 36.4 Å². The molecule has 3 aromatic rings. The van der Waals surface area contributed by atoms with Crippen LogP contribution in [0.2, 0.25) is 0 Å². The first-order valence-corrected chi connectivity index (χ1v) is 10.0. The van der Waals surface area contributed by atoms with Gasteiger partial charge in [-0.25, -0.2) is 4.79 Å². The first-order valence-electron chi connectivity index (χ1n) is 10.0. The van der Waals surface area contributed by atoms with Crippen molar-refractivity contribution in [2.24, 2.45) is 0 Å². The minimum absolute atomic E-state index is 0.233. The number of hydrogen-bond donors (Lipinski definition) is 0. The largest absolute Gasteiger partial charge is 0.493 e. The second-order valence-electron chi connectivity index (χ2n) is 7.39. The summed E-state index contributed by atoms with van der Waals surface area (Å²) in [6.45, 7) is 5.88. The Morgan fingerprint density at radius 1 is 0.806 bits per heavy atom. The molecule has 5 heteroatoms. The van der Waals surface area contributed by atoms with E-state index in [1.807, 2.05) is 63.2 Å². The van der Waals surface area contributed by atoms with Gasteiger partial charge in [-0.15, -0.1) is 0 Å². The summed E-state index contributed by atoms with van der Waals surface area (Å²) in [5.41, 5.74) is 4.88. The summed E-state index contributed by atoms with van der Waals surface area (Å²) in [6.07, 6.45) is 0. The third kappa shape index (κ3) is 5.51. The van der Waals surface area contributed by atoms with Crippen LogP contribution < -0.4 is 9.47 Å². The molecular weight excluding hydrogens is 392 g/mol. The SMILES string of the molecule is COc1cc(C(=O)OCC(=O)c2cc(C)c(C)cc2C)ccc1OCc1ccccc1. The Hall–Kier alpha value is -3.60. The maximum Gasteiger partial charge on any atom is 0.338 e. The Morgan fingerprint density at radius 2 is 1.52 bits per heavy atom. The molecule has 0 bridgehead atoms. The van der Waals surface area contributed by atoms with E-state index in [0.717, 1.165) is 22.3 Å². The number of hydrogen-bond acceptors (Lipinski definition) is 5. The number of ketones is 1. The summed E-state index contributed by atoms with van der Waals surface area (Å²) in [7, 11) is 1.51. The number of benzene rings is 3. The number of carbonyl (C=O) groups is 2. The van der Waals surface area contributed by atoms with Crippen molar-refractivity contribution in [2.75, 3.05) is 13.7 Å². The van der Waals surface area contributed by atoms with Crippen molar-refractivity contribution in [3.63, 3.8) is 0 Å². The van der Waals surface area contributed by atoms with Crippen LogP contribution in [0.5, 0.6) is 11.5 Å². The number of rotatable bonds is 8. The highest BCUT2D eigenvalue weighted by Gasteiger charge is 2.16. The predicted molar refractivity (Wildman–Crippen MR) is 119 cm³/mol. The maximum atomic E-state index is 12.5. The molecule has 0 radical (unpaired) electrons. The van der Waals surface area contributed by atoms with E-state index in [-0.39, 0.29) is 18.0 Å². The van der Waals surface area contributed by atoms with E-state index in [0.29, 0.717) is 23.7 Å². The Kier molecular flexibility index (Phi) is 7.08. The van der Waals surface area contributed by atoms with Crippen LogP contribution in [-0.4, -0.2) is 25.5 Å². The molecule has 0 aliphatic carbocycles. The molecule has 160 valence electrons. The van der Waals surface area contributed by atoms with Crippen LogP contribution >= 0.6 is 0 Å². The van der Waals surface area contributed by atoms with Crippen molar-refractivity contribution in [2.45, 2.75) is 27.4 Å². The molecule has 0 fully saturated rings. The second-order valence-corrected chi connectivity index (χ2v) is 7.39. The first kappa shape index (κ1) is 22.1. The third-order valence-corrected chi connectivity index (χ3v) is 5.11. The highest BCUT2D eigenvalue weighted by molar-refractivity contribution is 6.00. The molecule has 5 nitrogen and oxygen atoms in total. The number of esters is 1. The average molecular weight is 418 g/mol. The summed E-state index contributed by atoms with van der Waals surface area (Å²) < 4.78 is 16.4. The average Bonchev–Trinajstić information content (AvgIpc) is 2.78. The summed E-state index contributed by atoms with van der Waals surface area (Å²) in [5.74, 6) is 0.109. The van der Waals surface area contributed by atoms with E-state index in [2.05, 4.69) is 0 Å². The molecule has 0 aliphatic rings. The lowest BCUT2D eigenvalue weighted by Gasteiger charge is -2.12. The van der Waals surface area contributed by atoms with Gasteiger partial charge in [-0.3, -0.25) is 4.79 Å². The first-order chi connectivity index (χ1) is 14.9. The zero-order valence-electron chi connectivity index (χ0n) is 18.2. The number of carbonyl (C=O) groups excluding carboxylic acids is 2. The van der Waals surface area contributed by atoms with Crippen LogP contribution in [-0.2, 0) is 11.3 Å². The molecule has 0 aromatic heterocycles. The maximum absolute atomic E-state index is 12.5. The van der Waals surface area contributed by atoms with E-state index in [1.165, 1.54) is 7.11 Å². The van der Waals surface area contributed by atoms with Crippen LogP contribution in [0, 0.1) is 20.8 Å². The zero-order valence-corrected chi connectivity index (χ0v) is 18.2. The van der Waals surface area contributed by atoms with Gasteiger partial charge < -0.3 is 14.2 Å². The molecule has 3 rings (SSSR count). The number of ether oxygens (including phenoxy) is 3. The fourth-order valence-electron chi connectivity index (χ4n) is 3.20. The molecule has 0 atom stereocenters. The minimum atomic E-state index is -0.595. The van der Waals surface area contributed by atoms with E-state index < -0.39 is 5.97 Å². The van der Waals surface area contributed by atoms with Gasteiger partial charge in [0.1, 0.15) is 6.61 Å². The molecule has 0 aliphatic heterocycles. The fourth-order valence-corrected chi connectivity index (χ4v) is 3.20. The van der Waals surface area contributed by atoms with E-state index in [4.69, 9.17) is 14.2 Å². The summed E-state index contributed by atoms with van der Waals surface area (Å²) in [6, 6.07) is 18.4. The normalized spacial score (nSPS) is 10.5. The van der Waals surface area contributed by atoms with Gasteiger partial charge >= 0.3 is 5.97 Å². The van der Waals surface area contributed by atoms with Crippen molar-refractivity contribution in [3.8, 4) is 11.5 Å². The summed E-state index contributed by atoms with van der Waals surface area (Å²) in [5, 5.41) is 0. The quantitative estimate of drug-likeness (QED) is 0.370. The van der Waals surface area contributed by atoms with Gasteiger partial charge in [0.15, 0.2) is 18.1 Å². The van der Waals surface area contributed by atoms with Gasteiger partial charge in [-0.2, -0.15) is 0 Å². The van der Waals surface area contributed by atoms with Crippen molar-refractivity contribution < 1.29 is 23.8 Å². The lowest BCUT2D eigenvalue weighted by atomic mass is 9.98. The molecule has 0 heterocycles. The third-order valence-electron chi connectivity index (χ3n) is 5.11. The molecule has 0 unspecified atom stereocenters. The predicted octanol–water partition coefficient (Wildman–Crippen LogP) is 5.24. The summed E-state index contributed by atoms with van der Waals surface area (Å²) >= 11 is 0. The van der Waals surface area contributed by atoms with Gasteiger partial charge in [0, 0.05) is 5.56 Å². The van der Waals surface area contributed by atoms with Crippen LogP contribution in [0.3, 0.4) is 0 Å². The molecule has 3 aromatic carbocycles. The number of Topliss-reactive ketones (excluding diaryl/α,β-unsaturated/α-hetero) is 1. The molecular formula is C26H26O5. The van der Waals surface area contributed by atoms with Crippen LogP contribution in [0.25, 0.3) is 0 Å². The van der Waals surface area contributed by atoms with Gasteiger partial charge in [0.25, 0.3) is 0 Å². The molecule has 0 amide bonds. The monoisotopic (exact) mass is 418 g/mol. The van der Waals surface area contributed by atoms with Gasteiger partial charge in [-0.05, 0) is 67.3 Å². The van der Waals surface area contributed by atoms with E-state index in [1.54, 1.807) is 18.2 Å². The molecule has 0 N–H and O–H groups in total.